The van der Waals surface area contributed by atoms with Crippen molar-refractivity contribution in [3.63, 3.8) is 0 Å². The van der Waals surface area contributed by atoms with Crippen molar-refractivity contribution in [1.29, 1.82) is 0 Å². The molecule has 0 saturated heterocycles. The van der Waals surface area contributed by atoms with Crippen molar-refractivity contribution >= 4 is 32.6 Å². The zero-order chi connectivity index (χ0) is 12.1. The van der Waals surface area contributed by atoms with Gasteiger partial charge < -0.3 is 4.98 Å². The molecule has 86 valence electrons. The van der Waals surface area contributed by atoms with Gasteiger partial charge in [0.1, 0.15) is 0 Å². The lowest BCUT2D eigenvalue weighted by Gasteiger charge is -1.99. The molecule has 1 N–H and O–H groups in total. The highest BCUT2D eigenvalue weighted by atomic mass is 14.7. The zero-order valence-corrected chi connectivity index (χ0v) is 10.1. The smallest absolute Gasteiger partial charge is 0.0498 e. The van der Waals surface area contributed by atoms with Crippen molar-refractivity contribution in [1.82, 2.24) is 9.97 Å². The first-order valence-electron chi connectivity index (χ1n) is 6.09. The molecule has 0 saturated carbocycles. The molecule has 0 aliphatic heterocycles. The minimum atomic E-state index is 1.08. The Balaban J connectivity index is 2.29. The molecule has 4 rings (SSSR count). The average Bonchev–Trinajstić information content (AvgIpc) is 2.74. The van der Waals surface area contributed by atoms with Crippen molar-refractivity contribution in [3.05, 3.63) is 54.4 Å². The molecule has 0 spiro atoms. The summed E-state index contributed by atoms with van der Waals surface area (Å²) in [4.78, 5) is 7.86. The highest BCUT2D eigenvalue weighted by Gasteiger charge is 2.07. The summed E-state index contributed by atoms with van der Waals surface area (Å²) in [5.74, 6) is 0. The third-order valence-corrected chi connectivity index (χ3v) is 3.57. The molecule has 2 aromatic carbocycles. The summed E-state index contributed by atoms with van der Waals surface area (Å²) >= 11 is 0. The van der Waals surface area contributed by atoms with Crippen molar-refractivity contribution in [2.45, 2.75) is 6.92 Å². The van der Waals surface area contributed by atoms with Crippen LogP contribution in [0, 0.1) is 6.92 Å². The fraction of sp³-hybridized carbons (Fsp3) is 0.0625. The number of H-pyrrole nitrogens is 1. The van der Waals surface area contributed by atoms with Crippen LogP contribution in [0.25, 0.3) is 32.6 Å². The maximum Gasteiger partial charge on any atom is 0.0498 e. The number of pyridine rings is 1. The minimum Gasteiger partial charge on any atom is -0.354 e. The number of hydrogen-bond acceptors (Lipinski definition) is 1. The maximum atomic E-state index is 4.39. The highest BCUT2D eigenvalue weighted by molar-refractivity contribution is 6.12. The van der Waals surface area contributed by atoms with E-state index < -0.39 is 0 Å². The van der Waals surface area contributed by atoms with E-state index in [4.69, 9.17) is 0 Å². The van der Waals surface area contributed by atoms with Crippen molar-refractivity contribution in [2.24, 2.45) is 0 Å². The number of rotatable bonds is 0. The van der Waals surface area contributed by atoms with Gasteiger partial charge >= 0.3 is 0 Å². The predicted octanol–water partition coefficient (Wildman–Crippen LogP) is 4.18. The second-order valence-electron chi connectivity index (χ2n) is 4.69. The van der Waals surface area contributed by atoms with Crippen LogP contribution >= 0.6 is 0 Å². The first-order valence-corrected chi connectivity index (χ1v) is 6.09. The molecule has 18 heavy (non-hydrogen) atoms. The number of nitrogens with zero attached hydrogens (tertiary/aromatic N) is 1. The van der Waals surface area contributed by atoms with Gasteiger partial charge in [0.2, 0.25) is 0 Å². The van der Waals surface area contributed by atoms with Gasteiger partial charge in [-0.3, -0.25) is 4.98 Å². The number of aromatic nitrogens is 2. The first-order chi connectivity index (χ1) is 8.83. The Hall–Kier alpha value is -2.35. The van der Waals surface area contributed by atoms with E-state index in [-0.39, 0.29) is 0 Å². The zero-order valence-electron chi connectivity index (χ0n) is 10.1. The number of hydrogen-bond donors (Lipinski definition) is 1. The molecule has 0 bridgehead atoms. The van der Waals surface area contributed by atoms with E-state index in [9.17, 15) is 0 Å². The van der Waals surface area contributed by atoms with Gasteiger partial charge in [-0.05, 0) is 35.9 Å². The third-order valence-electron chi connectivity index (χ3n) is 3.57. The molecule has 4 aromatic rings. The summed E-state index contributed by atoms with van der Waals surface area (Å²) in [6, 6.07) is 14.9. The predicted molar refractivity (Wildman–Crippen MR) is 75.8 cm³/mol. The van der Waals surface area contributed by atoms with Crippen LogP contribution in [0.5, 0.6) is 0 Å². The van der Waals surface area contributed by atoms with Crippen LogP contribution in [-0.2, 0) is 0 Å². The lowest BCUT2D eigenvalue weighted by atomic mass is 10.1. The summed E-state index contributed by atoms with van der Waals surface area (Å²) in [5, 5.41) is 5.03. The fourth-order valence-corrected chi connectivity index (χ4v) is 2.71. The van der Waals surface area contributed by atoms with Gasteiger partial charge in [-0.2, -0.15) is 0 Å². The van der Waals surface area contributed by atoms with Crippen LogP contribution in [0.4, 0.5) is 0 Å². The Bertz CT molecular complexity index is 887. The van der Waals surface area contributed by atoms with Crippen molar-refractivity contribution in [2.75, 3.05) is 0 Å². The Morgan fingerprint density at radius 3 is 2.56 bits per heavy atom. The summed E-state index contributed by atoms with van der Waals surface area (Å²) in [5.41, 5.74) is 3.42. The standard InChI is InChI=1S/C16H12N2/c1-10-16-13-8-11-4-2-3-5-12(11)9-15(13)18-14(16)6-7-17-10/h2-9,18H,1H3. The summed E-state index contributed by atoms with van der Waals surface area (Å²) in [6.07, 6.45) is 1.85. The molecular formula is C16H12N2. The number of benzene rings is 2. The van der Waals surface area contributed by atoms with Crippen LogP contribution in [0.15, 0.2) is 48.7 Å². The van der Waals surface area contributed by atoms with Gasteiger partial charge in [0.05, 0.1) is 0 Å². The van der Waals surface area contributed by atoms with Crippen molar-refractivity contribution in [3.8, 4) is 0 Å². The van der Waals surface area contributed by atoms with E-state index in [0.717, 1.165) is 11.2 Å². The van der Waals surface area contributed by atoms with Gasteiger partial charge in [0, 0.05) is 33.7 Å². The number of aromatic amines is 1. The maximum absolute atomic E-state index is 4.39. The molecule has 0 aliphatic carbocycles. The second kappa shape index (κ2) is 3.33. The van der Waals surface area contributed by atoms with E-state index in [1.54, 1.807) is 0 Å². The molecule has 0 unspecified atom stereocenters. The number of nitrogens with one attached hydrogen (secondary N) is 1. The van der Waals surface area contributed by atoms with Gasteiger partial charge in [0.15, 0.2) is 0 Å². The number of aryl methyl sites for hydroxylation is 1. The molecule has 0 atom stereocenters. The van der Waals surface area contributed by atoms with Crippen LogP contribution in [0.1, 0.15) is 5.69 Å². The SMILES string of the molecule is Cc1nccc2[nH]c3cc4ccccc4cc3c12. The normalized spacial score (nSPS) is 11.6. The topological polar surface area (TPSA) is 28.7 Å². The molecular weight excluding hydrogens is 220 g/mol. The van der Waals surface area contributed by atoms with E-state index in [0.29, 0.717) is 0 Å². The monoisotopic (exact) mass is 232 g/mol. The van der Waals surface area contributed by atoms with Crippen LogP contribution in [0.3, 0.4) is 0 Å². The quantitative estimate of drug-likeness (QED) is 0.484. The van der Waals surface area contributed by atoms with Gasteiger partial charge in [-0.15, -0.1) is 0 Å². The molecule has 0 aliphatic rings. The Labute approximate surface area is 104 Å². The van der Waals surface area contributed by atoms with Gasteiger partial charge in [-0.25, -0.2) is 0 Å². The summed E-state index contributed by atoms with van der Waals surface area (Å²) < 4.78 is 0. The van der Waals surface area contributed by atoms with E-state index in [1.165, 1.54) is 27.1 Å². The van der Waals surface area contributed by atoms with Gasteiger partial charge in [-0.1, -0.05) is 24.3 Å². The lowest BCUT2D eigenvalue weighted by Crippen LogP contribution is -1.79. The third kappa shape index (κ3) is 1.20. The Morgan fingerprint density at radius 2 is 1.72 bits per heavy atom. The van der Waals surface area contributed by atoms with Crippen LogP contribution in [0.2, 0.25) is 0 Å². The fourth-order valence-electron chi connectivity index (χ4n) is 2.71. The average molecular weight is 232 g/mol. The molecule has 2 aromatic heterocycles. The van der Waals surface area contributed by atoms with Crippen LogP contribution < -0.4 is 0 Å². The minimum absolute atomic E-state index is 1.08. The molecule has 2 heterocycles. The van der Waals surface area contributed by atoms with E-state index in [1.807, 2.05) is 12.3 Å². The molecule has 2 heteroatoms. The second-order valence-corrected chi connectivity index (χ2v) is 4.69. The first kappa shape index (κ1) is 9.66. The summed E-state index contributed by atoms with van der Waals surface area (Å²) in [7, 11) is 0. The van der Waals surface area contributed by atoms with E-state index in [2.05, 4.69) is 53.3 Å². The number of fused-ring (bicyclic) bond motifs is 4. The molecule has 0 radical (unpaired) electrons. The van der Waals surface area contributed by atoms with Gasteiger partial charge in [0.25, 0.3) is 0 Å². The largest absolute Gasteiger partial charge is 0.354 e. The molecule has 0 amide bonds. The highest BCUT2D eigenvalue weighted by Crippen LogP contribution is 2.30. The van der Waals surface area contributed by atoms with Crippen molar-refractivity contribution < 1.29 is 0 Å². The molecule has 0 fully saturated rings. The summed E-state index contributed by atoms with van der Waals surface area (Å²) in [6.45, 7) is 2.06. The van der Waals surface area contributed by atoms with Crippen LogP contribution in [-0.4, -0.2) is 9.97 Å². The molecule has 2 nitrogen and oxygen atoms in total. The Kier molecular flexibility index (Phi) is 1.78. The lowest BCUT2D eigenvalue weighted by molar-refractivity contribution is 1.24. The van der Waals surface area contributed by atoms with E-state index >= 15 is 0 Å². The Morgan fingerprint density at radius 1 is 0.944 bits per heavy atom.